The van der Waals surface area contributed by atoms with Gasteiger partial charge in [0, 0.05) is 6.04 Å². The number of hydrogen-bond donors (Lipinski definition) is 2. The lowest BCUT2D eigenvalue weighted by molar-refractivity contribution is 0.339. The fraction of sp³-hybridized carbons (Fsp3) is 0.400. The summed E-state index contributed by atoms with van der Waals surface area (Å²) in [6.07, 6.45) is 1.33. The molecular formula is C10H17N4P. The zero-order valence-corrected chi connectivity index (χ0v) is 10.2. The summed E-state index contributed by atoms with van der Waals surface area (Å²) in [6, 6.07) is 5.79. The van der Waals surface area contributed by atoms with Crippen molar-refractivity contribution < 1.29 is 0 Å². The van der Waals surface area contributed by atoms with Crippen LogP contribution < -0.4 is 5.73 Å². The molecule has 4 nitrogen and oxygen atoms in total. The molecule has 15 heavy (non-hydrogen) atoms. The minimum absolute atomic E-state index is 0.00833. The summed E-state index contributed by atoms with van der Waals surface area (Å²) in [5, 5.41) is 7.35. The van der Waals surface area contributed by atoms with Crippen LogP contribution in [-0.4, -0.2) is 22.3 Å². The molecule has 0 saturated heterocycles. The maximum atomic E-state index is 7.35. The highest BCUT2D eigenvalue weighted by molar-refractivity contribution is 7.17. The highest BCUT2D eigenvalue weighted by Crippen LogP contribution is 2.26. The van der Waals surface area contributed by atoms with E-state index in [1.807, 2.05) is 30.9 Å². The Morgan fingerprint density at radius 1 is 1.53 bits per heavy atom. The highest BCUT2D eigenvalue weighted by Gasteiger charge is 2.16. The van der Waals surface area contributed by atoms with Crippen LogP contribution in [0.1, 0.15) is 25.3 Å². The molecule has 0 radical (unpaired) electrons. The molecule has 1 aromatic rings. The Kier molecular flexibility index (Phi) is 4.04. The first-order valence-electron chi connectivity index (χ1n) is 4.82. The van der Waals surface area contributed by atoms with Gasteiger partial charge in [-0.05, 0) is 26.0 Å². The summed E-state index contributed by atoms with van der Waals surface area (Å²) in [6.45, 7) is 4.07. The third-order valence-corrected chi connectivity index (χ3v) is 2.85. The minimum atomic E-state index is -0.00833. The van der Waals surface area contributed by atoms with Crippen LogP contribution in [0.4, 0.5) is 5.82 Å². The van der Waals surface area contributed by atoms with Crippen molar-refractivity contribution in [2.75, 3.05) is 5.73 Å². The van der Waals surface area contributed by atoms with E-state index in [1.54, 1.807) is 6.07 Å². The van der Waals surface area contributed by atoms with Crippen molar-refractivity contribution in [1.82, 2.24) is 9.88 Å². The summed E-state index contributed by atoms with van der Waals surface area (Å²) in [7, 11) is 2.68. The average Bonchev–Trinajstić information content (AvgIpc) is 2.18. The Balaban J connectivity index is 2.92. The Morgan fingerprint density at radius 2 is 2.20 bits per heavy atom. The number of nitrogens with zero attached hydrogens (tertiary/aromatic N) is 2. The van der Waals surface area contributed by atoms with E-state index in [-0.39, 0.29) is 11.8 Å². The second kappa shape index (κ2) is 5.08. The van der Waals surface area contributed by atoms with Gasteiger partial charge < -0.3 is 10.6 Å². The first-order chi connectivity index (χ1) is 7.06. The quantitative estimate of drug-likeness (QED) is 0.466. The monoisotopic (exact) mass is 224 g/mol. The van der Waals surface area contributed by atoms with Crippen LogP contribution >= 0.6 is 9.24 Å². The van der Waals surface area contributed by atoms with Gasteiger partial charge in [-0.15, -0.1) is 9.24 Å². The lowest BCUT2D eigenvalue weighted by Crippen LogP contribution is -2.30. The standard InChI is InChI=1S/C10H17N4P/c1-7(2)14(6-11)10(15)8-4-3-5-9(12)13-8/h3-7,10-11H,15H2,1-2H3,(H2,12,13). The van der Waals surface area contributed by atoms with Crippen molar-refractivity contribution in [3.8, 4) is 0 Å². The number of rotatable bonds is 4. The highest BCUT2D eigenvalue weighted by atomic mass is 31.0. The number of hydrogen-bond acceptors (Lipinski definition) is 3. The third kappa shape index (κ3) is 2.90. The van der Waals surface area contributed by atoms with Crippen molar-refractivity contribution in [2.45, 2.75) is 25.7 Å². The smallest absolute Gasteiger partial charge is 0.123 e. The molecule has 82 valence electrons. The van der Waals surface area contributed by atoms with E-state index in [2.05, 4.69) is 14.2 Å². The van der Waals surface area contributed by atoms with Crippen molar-refractivity contribution in [2.24, 2.45) is 0 Å². The number of aromatic nitrogens is 1. The Morgan fingerprint density at radius 3 is 2.67 bits per heavy atom. The number of nitrogens with two attached hydrogens (primary N) is 1. The van der Waals surface area contributed by atoms with Gasteiger partial charge in [0.1, 0.15) is 5.82 Å². The second-order valence-corrected chi connectivity index (χ2v) is 4.23. The van der Waals surface area contributed by atoms with E-state index < -0.39 is 0 Å². The maximum Gasteiger partial charge on any atom is 0.123 e. The molecule has 5 heteroatoms. The molecule has 3 N–H and O–H groups in total. The molecule has 0 aliphatic rings. The topological polar surface area (TPSA) is 66.0 Å². The zero-order valence-electron chi connectivity index (χ0n) is 9.01. The van der Waals surface area contributed by atoms with E-state index in [0.29, 0.717) is 5.82 Å². The van der Waals surface area contributed by atoms with Gasteiger partial charge in [-0.2, -0.15) is 0 Å². The van der Waals surface area contributed by atoms with Gasteiger partial charge >= 0.3 is 0 Å². The van der Waals surface area contributed by atoms with E-state index in [4.69, 9.17) is 11.1 Å². The van der Waals surface area contributed by atoms with Crippen LogP contribution in [0, 0.1) is 5.41 Å². The van der Waals surface area contributed by atoms with Gasteiger partial charge in [0.15, 0.2) is 0 Å². The predicted octanol–water partition coefficient (Wildman–Crippen LogP) is 1.85. The normalized spacial score (nSPS) is 12.5. The molecule has 2 unspecified atom stereocenters. The molecule has 0 saturated carbocycles. The SMILES string of the molecule is CC(C)N(C=N)C(P)c1cccc(N)n1. The van der Waals surface area contributed by atoms with Gasteiger partial charge in [0.25, 0.3) is 0 Å². The number of anilines is 1. The largest absolute Gasteiger partial charge is 0.384 e. The van der Waals surface area contributed by atoms with Crippen LogP contribution in [0.15, 0.2) is 18.2 Å². The Bertz CT molecular complexity index is 340. The molecule has 1 rings (SSSR count). The first-order valence-corrected chi connectivity index (χ1v) is 5.49. The van der Waals surface area contributed by atoms with Crippen LogP contribution in [0.25, 0.3) is 0 Å². The molecule has 1 aromatic heterocycles. The van der Waals surface area contributed by atoms with Crippen molar-refractivity contribution in [3.63, 3.8) is 0 Å². The molecule has 0 fully saturated rings. The molecule has 0 aliphatic heterocycles. The first kappa shape index (κ1) is 11.9. The van der Waals surface area contributed by atoms with Crippen molar-refractivity contribution >= 4 is 21.4 Å². The Labute approximate surface area is 92.6 Å². The van der Waals surface area contributed by atoms with E-state index in [9.17, 15) is 0 Å². The molecule has 1 heterocycles. The van der Waals surface area contributed by atoms with Crippen LogP contribution in [0.3, 0.4) is 0 Å². The summed E-state index contributed by atoms with van der Waals surface area (Å²) in [5.41, 5.74) is 6.48. The van der Waals surface area contributed by atoms with Crippen LogP contribution in [0.2, 0.25) is 0 Å². The lowest BCUT2D eigenvalue weighted by Gasteiger charge is -2.29. The minimum Gasteiger partial charge on any atom is -0.384 e. The molecule has 0 aromatic carbocycles. The zero-order chi connectivity index (χ0) is 11.4. The van der Waals surface area contributed by atoms with Gasteiger partial charge in [-0.3, -0.25) is 5.41 Å². The molecule has 0 bridgehead atoms. The molecular weight excluding hydrogens is 207 g/mol. The van der Waals surface area contributed by atoms with Crippen molar-refractivity contribution in [3.05, 3.63) is 23.9 Å². The summed E-state index contributed by atoms with van der Waals surface area (Å²) >= 11 is 0. The van der Waals surface area contributed by atoms with Gasteiger partial charge in [-0.25, -0.2) is 4.98 Å². The summed E-state index contributed by atoms with van der Waals surface area (Å²) < 4.78 is 0. The molecule has 0 spiro atoms. The predicted molar refractivity (Wildman–Crippen MR) is 66.9 cm³/mol. The van der Waals surface area contributed by atoms with E-state index in [1.165, 1.54) is 6.34 Å². The number of pyridine rings is 1. The van der Waals surface area contributed by atoms with E-state index >= 15 is 0 Å². The Hall–Kier alpha value is -1.15. The maximum absolute atomic E-state index is 7.35. The molecule has 2 atom stereocenters. The fourth-order valence-electron chi connectivity index (χ4n) is 1.34. The van der Waals surface area contributed by atoms with Gasteiger partial charge in [0.05, 0.1) is 17.8 Å². The summed E-state index contributed by atoms with van der Waals surface area (Å²) in [5.74, 6) is 0.500. The van der Waals surface area contributed by atoms with Gasteiger partial charge in [0.2, 0.25) is 0 Å². The fourth-order valence-corrected chi connectivity index (χ4v) is 1.95. The van der Waals surface area contributed by atoms with Crippen LogP contribution in [-0.2, 0) is 0 Å². The molecule has 0 aliphatic carbocycles. The van der Waals surface area contributed by atoms with Crippen molar-refractivity contribution in [1.29, 1.82) is 5.41 Å². The molecule has 0 amide bonds. The third-order valence-electron chi connectivity index (χ3n) is 2.16. The summed E-state index contributed by atoms with van der Waals surface area (Å²) in [4.78, 5) is 6.13. The second-order valence-electron chi connectivity index (χ2n) is 3.60. The average molecular weight is 224 g/mol. The number of nitrogen functional groups attached to an aromatic ring is 1. The van der Waals surface area contributed by atoms with E-state index in [0.717, 1.165) is 5.69 Å². The lowest BCUT2D eigenvalue weighted by atomic mass is 10.2. The van der Waals surface area contributed by atoms with Crippen LogP contribution in [0.5, 0.6) is 0 Å². The van der Waals surface area contributed by atoms with Gasteiger partial charge in [-0.1, -0.05) is 6.07 Å². The number of nitrogens with one attached hydrogen (secondary N) is 1.